The van der Waals surface area contributed by atoms with Gasteiger partial charge in [0.1, 0.15) is 0 Å². The van der Waals surface area contributed by atoms with Crippen molar-refractivity contribution in [3.05, 3.63) is 21.7 Å². The van der Waals surface area contributed by atoms with Crippen LogP contribution in [0.3, 0.4) is 0 Å². The summed E-state index contributed by atoms with van der Waals surface area (Å²) in [7, 11) is 0. The van der Waals surface area contributed by atoms with Crippen molar-refractivity contribution in [3.63, 3.8) is 0 Å². The van der Waals surface area contributed by atoms with Crippen molar-refractivity contribution in [1.29, 1.82) is 0 Å². The summed E-state index contributed by atoms with van der Waals surface area (Å²) in [6.45, 7) is 2.32. The van der Waals surface area contributed by atoms with E-state index < -0.39 is 0 Å². The molecule has 0 spiro atoms. The first-order valence-corrected chi connectivity index (χ1v) is 5.28. The smallest absolute Gasteiger partial charge is 0.231 e. The van der Waals surface area contributed by atoms with Gasteiger partial charge in [-0.3, -0.25) is 0 Å². The van der Waals surface area contributed by atoms with E-state index in [1.807, 2.05) is 13.0 Å². The topological polar surface area (TPSA) is 38.7 Å². The van der Waals surface area contributed by atoms with Crippen LogP contribution in [0, 0.1) is 0 Å². The Morgan fingerprint density at radius 3 is 2.79 bits per heavy atom. The van der Waals surface area contributed by atoms with Gasteiger partial charge in [-0.1, -0.05) is 6.92 Å². The predicted octanol–water partition coefficient (Wildman–Crippen LogP) is 2.23. The van der Waals surface area contributed by atoms with Gasteiger partial charge in [0.2, 0.25) is 6.79 Å². The molecule has 1 aliphatic heterocycles. The second-order valence-electron chi connectivity index (χ2n) is 3.07. The molecule has 0 radical (unpaired) electrons. The Morgan fingerprint density at radius 2 is 2.14 bits per heavy atom. The molecule has 0 unspecified atom stereocenters. The number of halogens is 1. The van der Waals surface area contributed by atoms with Crippen molar-refractivity contribution < 1.29 is 14.6 Å². The summed E-state index contributed by atoms with van der Waals surface area (Å²) in [6, 6.07) is 1.88. The van der Waals surface area contributed by atoms with Crippen LogP contribution in [-0.4, -0.2) is 11.9 Å². The molecule has 0 amide bonds. The Hall–Kier alpha value is -0.740. The number of ether oxygens (including phenoxy) is 2. The molecule has 1 aromatic carbocycles. The fraction of sp³-hybridized carbons (Fsp3) is 0.400. The molecule has 1 heterocycles. The van der Waals surface area contributed by atoms with E-state index in [1.54, 1.807) is 0 Å². The van der Waals surface area contributed by atoms with E-state index in [0.29, 0.717) is 0 Å². The van der Waals surface area contributed by atoms with Gasteiger partial charge in [-0.15, -0.1) is 0 Å². The third kappa shape index (κ3) is 1.38. The zero-order valence-electron chi connectivity index (χ0n) is 7.84. The predicted molar refractivity (Wildman–Crippen MR) is 55.6 cm³/mol. The first-order chi connectivity index (χ1) is 6.77. The highest BCUT2D eigenvalue weighted by atomic mass is 79.9. The molecular formula is C10H11BrO3. The summed E-state index contributed by atoms with van der Waals surface area (Å²) in [5.74, 6) is 1.52. The first-order valence-electron chi connectivity index (χ1n) is 4.48. The van der Waals surface area contributed by atoms with E-state index in [-0.39, 0.29) is 13.4 Å². The summed E-state index contributed by atoms with van der Waals surface area (Å²) in [5, 5.41) is 9.19. The van der Waals surface area contributed by atoms with Crippen molar-refractivity contribution >= 4 is 15.9 Å². The van der Waals surface area contributed by atoms with Gasteiger partial charge in [0.15, 0.2) is 11.5 Å². The monoisotopic (exact) mass is 258 g/mol. The average Bonchev–Trinajstić information content (AvgIpc) is 2.66. The van der Waals surface area contributed by atoms with Gasteiger partial charge in [0.25, 0.3) is 0 Å². The molecule has 0 atom stereocenters. The number of aliphatic hydroxyl groups is 1. The SMILES string of the molecule is CCc1c(CO)cc(Br)c2c1OCO2. The van der Waals surface area contributed by atoms with Crippen molar-refractivity contribution in [2.75, 3.05) is 6.79 Å². The third-order valence-corrected chi connectivity index (χ3v) is 2.91. The molecule has 14 heavy (non-hydrogen) atoms. The average molecular weight is 259 g/mol. The van der Waals surface area contributed by atoms with E-state index in [0.717, 1.165) is 33.5 Å². The Kier molecular flexibility index (Phi) is 2.65. The van der Waals surface area contributed by atoms with Crippen molar-refractivity contribution in [1.82, 2.24) is 0 Å². The van der Waals surface area contributed by atoms with Crippen LogP contribution in [0.25, 0.3) is 0 Å². The lowest BCUT2D eigenvalue weighted by Crippen LogP contribution is -1.96. The molecule has 0 bridgehead atoms. The molecule has 0 saturated carbocycles. The highest BCUT2D eigenvalue weighted by Gasteiger charge is 2.22. The highest BCUT2D eigenvalue weighted by molar-refractivity contribution is 9.10. The Balaban J connectivity index is 2.62. The third-order valence-electron chi connectivity index (χ3n) is 2.32. The van der Waals surface area contributed by atoms with Crippen LogP contribution in [0.2, 0.25) is 0 Å². The van der Waals surface area contributed by atoms with Gasteiger partial charge in [0, 0.05) is 5.56 Å². The van der Waals surface area contributed by atoms with Gasteiger partial charge in [-0.05, 0) is 34.0 Å². The molecule has 0 fully saturated rings. The molecule has 3 nitrogen and oxygen atoms in total. The fourth-order valence-corrected chi connectivity index (χ4v) is 2.23. The second kappa shape index (κ2) is 3.79. The zero-order valence-corrected chi connectivity index (χ0v) is 9.43. The maximum atomic E-state index is 9.19. The lowest BCUT2D eigenvalue weighted by atomic mass is 10.0. The molecule has 2 rings (SSSR count). The van der Waals surface area contributed by atoms with E-state index in [9.17, 15) is 5.11 Å². The summed E-state index contributed by atoms with van der Waals surface area (Å²) < 4.78 is 11.5. The molecule has 76 valence electrons. The minimum atomic E-state index is 0.0262. The van der Waals surface area contributed by atoms with E-state index in [4.69, 9.17) is 9.47 Å². The highest BCUT2D eigenvalue weighted by Crippen LogP contribution is 2.43. The maximum absolute atomic E-state index is 9.19. The molecule has 0 saturated heterocycles. The minimum Gasteiger partial charge on any atom is -0.453 e. The van der Waals surface area contributed by atoms with Crippen molar-refractivity contribution in [3.8, 4) is 11.5 Å². The van der Waals surface area contributed by atoms with Crippen LogP contribution < -0.4 is 9.47 Å². The number of benzene rings is 1. The van der Waals surface area contributed by atoms with Crippen molar-refractivity contribution in [2.45, 2.75) is 20.0 Å². The van der Waals surface area contributed by atoms with Gasteiger partial charge in [-0.25, -0.2) is 0 Å². The second-order valence-corrected chi connectivity index (χ2v) is 3.93. The number of rotatable bonds is 2. The first kappa shape index (κ1) is 9.80. The van der Waals surface area contributed by atoms with E-state index in [1.165, 1.54) is 0 Å². The summed E-state index contributed by atoms with van der Waals surface area (Å²) in [5.41, 5.74) is 1.92. The molecule has 4 heteroatoms. The molecular weight excluding hydrogens is 248 g/mol. The maximum Gasteiger partial charge on any atom is 0.231 e. The number of hydrogen-bond acceptors (Lipinski definition) is 3. The molecule has 0 aliphatic carbocycles. The van der Waals surface area contributed by atoms with Crippen LogP contribution in [0.15, 0.2) is 10.5 Å². The normalized spacial score (nSPS) is 13.4. The number of hydrogen-bond donors (Lipinski definition) is 1. The van der Waals surface area contributed by atoms with Crippen LogP contribution in [0.5, 0.6) is 11.5 Å². The summed E-state index contributed by atoms with van der Waals surface area (Å²) in [6.07, 6.45) is 0.828. The Labute approximate surface area is 90.8 Å². The Morgan fingerprint density at radius 1 is 1.43 bits per heavy atom. The van der Waals surface area contributed by atoms with Crippen LogP contribution in [0.1, 0.15) is 18.1 Å². The quantitative estimate of drug-likeness (QED) is 0.885. The Bertz CT molecular complexity index is 363. The number of aliphatic hydroxyl groups excluding tert-OH is 1. The van der Waals surface area contributed by atoms with Crippen LogP contribution >= 0.6 is 15.9 Å². The zero-order chi connectivity index (χ0) is 10.1. The van der Waals surface area contributed by atoms with Crippen LogP contribution in [0.4, 0.5) is 0 Å². The molecule has 1 N–H and O–H groups in total. The van der Waals surface area contributed by atoms with Gasteiger partial charge >= 0.3 is 0 Å². The van der Waals surface area contributed by atoms with Crippen LogP contribution in [-0.2, 0) is 13.0 Å². The standard InChI is InChI=1S/C10H11BrO3/c1-2-7-6(4-12)3-8(11)10-9(7)13-5-14-10/h3,12H,2,4-5H2,1H3. The van der Waals surface area contributed by atoms with Crippen molar-refractivity contribution in [2.24, 2.45) is 0 Å². The summed E-state index contributed by atoms with van der Waals surface area (Å²) >= 11 is 3.39. The summed E-state index contributed by atoms with van der Waals surface area (Å²) in [4.78, 5) is 0. The fourth-order valence-electron chi connectivity index (χ4n) is 1.66. The van der Waals surface area contributed by atoms with Gasteiger partial charge in [0.05, 0.1) is 11.1 Å². The lowest BCUT2D eigenvalue weighted by Gasteiger charge is -2.09. The largest absolute Gasteiger partial charge is 0.453 e. The molecule has 1 aromatic rings. The van der Waals surface area contributed by atoms with E-state index >= 15 is 0 Å². The number of fused-ring (bicyclic) bond motifs is 1. The molecule has 1 aliphatic rings. The lowest BCUT2D eigenvalue weighted by molar-refractivity contribution is 0.172. The minimum absolute atomic E-state index is 0.0262. The van der Waals surface area contributed by atoms with Gasteiger partial charge in [-0.2, -0.15) is 0 Å². The molecule has 0 aromatic heterocycles. The van der Waals surface area contributed by atoms with Gasteiger partial charge < -0.3 is 14.6 Å². The van der Waals surface area contributed by atoms with E-state index in [2.05, 4.69) is 15.9 Å².